The molecule has 0 saturated heterocycles. The molecule has 104 valence electrons. The number of hydrogen-bond acceptors (Lipinski definition) is 3. The lowest BCUT2D eigenvalue weighted by Gasteiger charge is -2.05. The van der Waals surface area contributed by atoms with E-state index in [4.69, 9.17) is 5.11 Å². The van der Waals surface area contributed by atoms with Crippen LogP contribution in [-0.2, 0) is 14.4 Å². The number of amides is 2. The van der Waals surface area contributed by atoms with Crippen LogP contribution in [0.15, 0.2) is 0 Å². The van der Waals surface area contributed by atoms with Gasteiger partial charge in [-0.1, -0.05) is 26.2 Å². The van der Waals surface area contributed by atoms with Crippen LogP contribution in [0.5, 0.6) is 0 Å². The molecule has 0 unspecified atom stereocenters. The molecular weight excluding hydrogens is 236 g/mol. The van der Waals surface area contributed by atoms with Crippen LogP contribution >= 0.6 is 0 Å². The van der Waals surface area contributed by atoms with Gasteiger partial charge in [0.1, 0.15) is 6.54 Å². The number of rotatable bonds is 10. The van der Waals surface area contributed by atoms with Crippen molar-refractivity contribution in [2.45, 2.75) is 45.4 Å². The Bertz CT molecular complexity index is 279. The van der Waals surface area contributed by atoms with Crippen molar-refractivity contribution in [2.75, 3.05) is 13.1 Å². The maximum atomic E-state index is 11.3. The third kappa shape index (κ3) is 10.9. The number of unbranched alkanes of at least 4 members (excludes halogenated alkanes) is 3. The highest BCUT2D eigenvalue weighted by atomic mass is 16.4. The summed E-state index contributed by atoms with van der Waals surface area (Å²) in [6.45, 7) is 2.35. The third-order valence-electron chi connectivity index (χ3n) is 2.37. The topological polar surface area (TPSA) is 95.5 Å². The van der Waals surface area contributed by atoms with Crippen molar-refractivity contribution >= 4 is 17.8 Å². The molecule has 0 aromatic carbocycles. The van der Waals surface area contributed by atoms with Gasteiger partial charge in [-0.05, 0) is 6.42 Å². The highest BCUT2D eigenvalue weighted by Gasteiger charge is 2.07. The van der Waals surface area contributed by atoms with Crippen LogP contribution in [0.25, 0.3) is 0 Å². The van der Waals surface area contributed by atoms with Gasteiger partial charge in [-0.3, -0.25) is 14.4 Å². The number of nitrogens with one attached hydrogen (secondary N) is 2. The summed E-state index contributed by atoms with van der Waals surface area (Å²) in [6, 6.07) is 0. The monoisotopic (exact) mass is 258 g/mol. The number of aliphatic carboxylic acids is 1. The fourth-order valence-electron chi connectivity index (χ4n) is 1.36. The van der Waals surface area contributed by atoms with Gasteiger partial charge in [0.05, 0.1) is 0 Å². The molecule has 0 aliphatic rings. The van der Waals surface area contributed by atoms with Gasteiger partial charge in [0.15, 0.2) is 0 Å². The standard InChI is InChI=1S/C12H22N2O4/c1-2-3-4-5-8-13-10(15)6-7-11(16)14-9-12(17)18/h2-9H2,1H3,(H,13,15)(H,14,16)(H,17,18). The van der Waals surface area contributed by atoms with E-state index in [1.54, 1.807) is 0 Å². The molecule has 0 aromatic rings. The highest BCUT2D eigenvalue weighted by Crippen LogP contribution is 1.97. The van der Waals surface area contributed by atoms with Crippen LogP contribution in [0.4, 0.5) is 0 Å². The summed E-state index contributed by atoms with van der Waals surface area (Å²) in [4.78, 5) is 32.6. The Labute approximate surface area is 107 Å². The fourth-order valence-corrected chi connectivity index (χ4v) is 1.36. The summed E-state index contributed by atoms with van der Waals surface area (Å²) in [7, 11) is 0. The fraction of sp³-hybridized carbons (Fsp3) is 0.750. The van der Waals surface area contributed by atoms with E-state index in [0.717, 1.165) is 25.7 Å². The maximum Gasteiger partial charge on any atom is 0.322 e. The van der Waals surface area contributed by atoms with Crippen molar-refractivity contribution in [1.82, 2.24) is 10.6 Å². The third-order valence-corrected chi connectivity index (χ3v) is 2.37. The summed E-state index contributed by atoms with van der Waals surface area (Å²) in [5.74, 6) is -1.68. The van der Waals surface area contributed by atoms with Gasteiger partial charge < -0.3 is 15.7 Å². The van der Waals surface area contributed by atoms with Gasteiger partial charge in [-0.25, -0.2) is 0 Å². The quantitative estimate of drug-likeness (QED) is 0.502. The Hall–Kier alpha value is -1.59. The van der Waals surface area contributed by atoms with E-state index in [-0.39, 0.29) is 18.7 Å². The first-order valence-electron chi connectivity index (χ1n) is 6.31. The second-order valence-corrected chi connectivity index (χ2v) is 4.08. The number of carbonyl (C=O) groups excluding carboxylic acids is 2. The molecule has 0 heterocycles. The molecule has 0 aliphatic carbocycles. The Kier molecular flexibility index (Phi) is 9.62. The predicted octanol–water partition coefficient (Wildman–Crippen LogP) is 0.664. The second kappa shape index (κ2) is 10.6. The van der Waals surface area contributed by atoms with Gasteiger partial charge in [0, 0.05) is 19.4 Å². The van der Waals surface area contributed by atoms with E-state index >= 15 is 0 Å². The Morgan fingerprint density at radius 2 is 1.56 bits per heavy atom. The molecule has 2 amide bonds. The van der Waals surface area contributed by atoms with Crippen molar-refractivity contribution < 1.29 is 19.5 Å². The molecule has 3 N–H and O–H groups in total. The van der Waals surface area contributed by atoms with Crippen molar-refractivity contribution in [2.24, 2.45) is 0 Å². The van der Waals surface area contributed by atoms with Crippen LogP contribution in [0, 0.1) is 0 Å². The summed E-state index contributed by atoms with van der Waals surface area (Å²) >= 11 is 0. The summed E-state index contributed by atoms with van der Waals surface area (Å²) in [6.07, 6.45) is 4.47. The van der Waals surface area contributed by atoms with Gasteiger partial charge in [-0.2, -0.15) is 0 Å². The summed E-state index contributed by atoms with van der Waals surface area (Å²) in [5, 5.41) is 13.3. The van der Waals surface area contributed by atoms with Crippen molar-refractivity contribution in [3.8, 4) is 0 Å². The largest absolute Gasteiger partial charge is 0.480 e. The highest BCUT2D eigenvalue weighted by molar-refractivity contribution is 5.85. The van der Waals surface area contributed by atoms with Gasteiger partial charge in [-0.15, -0.1) is 0 Å². The van der Waals surface area contributed by atoms with Crippen LogP contribution in [0.2, 0.25) is 0 Å². The molecule has 0 rings (SSSR count). The van der Waals surface area contributed by atoms with Crippen LogP contribution in [0.1, 0.15) is 45.4 Å². The molecule has 6 heteroatoms. The zero-order valence-corrected chi connectivity index (χ0v) is 10.8. The lowest BCUT2D eigenvalue weighted by atomic mass is 10.2. The van der Waals surface area contributed by atoms with Gasteiger partial charge in [0.2, 0.25) is 11.8 Å². The first-order chi connectivity index (χ1) is 8.56. The molecule has 0 bridgehead atoms. The second-order valence-electron chi connectivity index (χ2n) is 4.08. The van der Waals surface area contributed by atoms with Gasteiger partial charge >= 0.3 is 5.97 Å². The Morgan fingerprint density at radius 1 is 0.944 bits per heavy atom. The van der Waals surface area contributed by atoms with Gasteiger partial charge in [0.25, 0.3) is 0 Å². The zero-order valence-electron chi connectivity index (χ0n) is 10.8. The van der Waals surface area contributed by atoms with E-state index < -0.39 is 18.4 Å². The first kappa shape index (κ1) is 16.4. The molecule has 18 heavy (non-hydrogen) atoms. The average Bonchev–Trinajstić information content (AvgIpc) is 2.33. The lowest BCUT2D eigenvalue weighted by molar-refractivity contribution is -0.138. The Morgan fingerprint density at radius 3 is 2.11 bits per heavy atom. The number of hydrogen-bond donors (Lipinski definition) is 3. The maximum absolute atomic E-state index is 11.3. The molecule has 0 radical (unpaired) electrons. The van der Waals surface area contributed by atoms with Crippen LogP contribution < -0.4 is 10.6 Å². The molecule has 0 saturated carbocycles. The van der Waals surface area contributed by atoms with Crippen molar-refractivity contribution in [1.29, 1.82) is 0 Å². The SMILES string of the molecule is CCCCCCNC(=O)CCC(=O)NCC(=O)O. The van der Waals surface area contributed by atoms with Crippen LogP contribution in [-0.4, -0.2) is 36.0 Å². The predicted molar refractivity (Wildman–Crippen MR) is 67.0 cm³/mol. The Balaban J connectivity index is 3.46. The minimum Gasteiger partial charge on any atom is -0.480 e. The zero-order chi connectivity index (χ0) is 13.8. The van der Waals surface area contributed by atoms with Crippen molar-refractivity contribution in [3.63, 3.8) is 0 Å². The molecule has 6 nitrogen and oxygen atoms in total. The molecule has 0 atom stereocenters. The summed E-state index contributed by atoms with van der Waals surface area (Å²) in [5.41, 5.74) is 0. The smallest absolute Gasteiger partial charge is 0.322 e. The van der Waals surface area contributed by atoms with E-state index in [2.05, 4.69) is 17.6 Å². The van der Waals surface area contributed by atoms with Crippen molar-refractivity contribution in [3.05, 3.63) is 0 Å². The van der Waals surface area contributed by atoms with Crippen LogP contribution in [0.3, 0.4) is 0 Å². The molecule has 0 spiro atoms. The van der Waals surface area contributed by atoms with E-state index in [1.165, 1.54) is 0 Å². The molecule has 0 aromatic heterocycles. The average molecular weight is 258 g/mol. The van der Waals surface area contributed by atoms with E-state index in [0.29, 0.717) is 6.54 Å². The number of carbonyl (C=O) groups is 3. The molecular formula is C12H22N2O4. The number of carboxylic acid groups (broad SMARTS) is 1. The first-order valence-corrected chi connectivity index (χ1v) is 6.31. The molecule has 0 aliphatic heterocycles. The van der Waals surface area contributed by atoms with E-state index in [1.807, 2.05) is 0 Å². The number of carboxylic acids is 1. The molecule has 0 fully saturated rings. The normalized spacial score (nSPS) is 9.83. The lowest BCUT2D eigenvalue weighted by Crippen LogP contribution is -2.31. The minimum absolute atomic E-state index is 0.0219. The van der Waals surface area contributed by atoms with E-state index in [9.17, 15) is 14.4 Å². The minimum atomic E-state index is -1.09. The summed E-state index contributed by atoms with van der Waals surface area (Å²) < 4.78 is 0.